The second kappa shape index (κ2) is 5.73. The molecule has 0 unspecified atom stereocenters. The first-order chi connectivity index (χ1) is 10.1. The van der Waals surface area contributed by atoms with E-state index >= 15 is 0 Å². The first kappa shape index (κ1) is 13.9. The molecule has 0 saturated carbocycles. The van der Waals surface area contributed by atoms with Crippen LogP contribution >= 0.6 is 11.3 Å². The summed E-state index contributed by atoms with van der Waals surface area (Å²) >= 11 is 1.51. The van der Waals surface area contributed by atoms with Crippen LogP contribution in [0.2, 0.25) is 0 Å². The second-order valence-corrected chi connectivity index (χ2v) is 6.19. The Balaban J connectivity index is 1.64. The highest BCUT2D eigenvalue weighted by molar-refractivity contribution is 7.09. The summed E-state index contributed by atoms with van der Waals surface area (Å²) < 4.78 is 0. The predicted molar refractivity (Wildman–Crippen MR) is 85.8 cm³/mol. The van der Waals surface area contributed by atoms with Gasteiger partial charge in [-0.2, -0.15) is 0 Å². The van der Waals surface area contributed by atoms with Gasteiger partial charge in [0.2, 0.25) is 0 Å². The zero-order valence-electron chi connectivity index (χ0n) is 12.0. The molecule has 0 spiro atoms. The lowest BCUT2D eigenvalue weighted by Crippen LogP contribution is -2.48. The Hall–Kier alpha value is -2.08. The predicted octanol–water partition coefficient (Wildman–Crippen LogP) is 2.00. The molecule has 2 aromatic rings. The number of benzene rings is 1. The molecule has 2 heterocycles. The van der Waals surface area contributed by atoms with Crippen LogP contribution in [-0.4, -0.2) is 42.0 Å². The minimum Gasteiger partial charge on any atom is -0.399 e. The highest BCUT2D eigenvalue weighted by Crippen LogP contribution is 2.20. The molecule has 3 rings (SSSR count). The summed E-state index contributed by atoms with van der Waals surface area (Å²) in [5.74, 6) is 0.0339. The molecular weight excluding hydrogens is 284 g/mol. The van der Waals surface area contributed by atoms with Crippen molar-refractivity contribution in [1.82, 2.24) is 9.88 Å². The van der Waals surface area contributed by atoms with Crippen molar-refractivity contribution in [2.24, 2.45) is 0 Å². The van der Waals surface area contributed by atoms with Gasteiger partial charge in [-0.1, -0.05) is 6.07 Å². The van der Waals surface area contributed by atoms with Crippen LogP contribution in [0.5, 0.6) is 0 Å². The smallest absolute Gasteiger partial charge is 0.273 e. The molecule has 2 N–H and O–H groups in total. The molecule has 1 aliphatic rings. The fraction of sp³-hybridized carbons (Fsp3) is 0.333. The molecule has 0 radical (unpaired) electrons. The Bertz CT molecular complexity index is 647. The van der Waals surface area contributed by atoms with E-state index in [1.807, 2.05) is 35.4 Å². The summed E-state index contributed by atoms with van der Waals surface area (Å²) in [6.07, 6.45) is 0. The van der Waals surface area contributed by atoms with Crippen molar-refractivity contribution in [3.63, 3.8) is 0 Å². The lowest BCUT2D eigenvalue weighted by molar-refractivity contribution is 0.0741. The maximum absolute atomic E-state index is 12.3. The van der Waals surface area contributed by atoms with Gasteiger partial charge in [-0.3, -0.25) is 4.79 Å². The number of nitrogen functional groups attached to an aromatic ring is 1. The van der Waals surface area contributed by atoms with Gasteiger partial charge < -0.3 is 15.5 Å². The van der Waals surface area contributed by atoms with Crippen molar-refractivity contribution in [2.75, 3.05) is 36.8 Å². The maximum atomic E-state index is 12.3. The Morgan fingerprint density at radius 1 is 1.29 bits per heavy atom. The van der Waals surface area contributed by atoms with E-state index in [4.69, 9.17) is 5.73 Å². The van der Waals surface area contributed by atoms with Crippen molar-refractivity contribution < 1.29 is 4.79 Å². The third-order valence-corrected chi connectivity index (χ3v) is 4.41. The normalized spacial score (nSPS) is 15.3. The standard InChI is InChI=1S/C15H18N4OS/c1-11-17-14(10-21-11)15(20)19-7-5-18(6-8-19)13-4-2-3-12(16)9-13/h2-4,9-10H,5-8,16H2,1H3. The number of nitrogens with two attached hydrogens (primary N) is 1. The summed E-state index contributed by atoms with van der Waals surface area (Å²) in [7, 11) is 0. The van der Waals surface area contributed by atoms with Crippen LogP contribution in [0.4, 0.5) is 11.4 Å². The number of anilines is 2. The van der Waals surface area contributed by atoms with E-state index in [1.54, 1.807) is 0 Å². The van der Waals surface area contributed by atoms with Crippen LogP contribution in [0.1, 0.15) is 15.5 Å². The highest BCUT2D eigenvalue weighted by Gasteiger charge is 2.23. The van der Waals surface area contributed by atoms with Gasteiger partial charge in [0.25, 0.3) is 5.91 Å². The van der Waals surface area contributed by atoms with E-state index in [0.717, 1.165) is 29.5 Å². The Kier molecular flexibility index (Phi) is 3.79. The van der Waals surface area contributed by atoms with Crippen molar-refractivity contribution >= 4 is 28.6 Å². The number of nitrogens with zero attached hydrogens (tertiary/aromatic N) is 3. The molecule has 6 heteroatoms. The number of thiazole rings is 1. The van der Waals surface area contributed by atoms with Gasteiger partial charge in [0, 0.05) is 42.9 Å². The monoisotopic (exact) mass is 302 g/mol. The number of hydrogen-bond acceptors (Lipinski definition) is 5. The number of hydrogen-bond donors (Lipinski definition) is 1. The maximum Gasteiger partial charge on any atom is 0.273 e. The van der Waals surface area contributed by atoms with Crippen LogP contribution in [0, 0.1) is 6.92 Å². The van der Waals surface area contributed by atoms with Gasteiger partial charge in [-0.15, -0.1) is 11.3 Å². The van der Waals surface area contributed by atoms with E-state index < -0.39 is 0 Å². The van der Waals surface area contributed by atoms with E-state index in [9.17, 15) is 4.79 Å². The quantitative estimate of drug-likeness (QED) is 0.862. The number of carbonyl (C=O) groups excluding carboxylic acids is 1. The molecule has 1 aromatic heterocycles. The van der Waals surface area contributed by atoms with Gasteiger partial charge in [0.15, 0.2) is 0 Å². The van der Waals surface area contributed by atoms with Crippen molar-refractivity contribution in [3.8, 4) is 0 Å². The van der Waals surface area contributed by atoms with Crippen molar-refractivity contribution in [3.05, 3.63) is 40.3 Å². The number of aromatic nitrogens is 1. The summed E-state index contributed by atoms with van der Waals surface area (Å²) in [5.41, 5.74) is 8.27. The van der Waals surface area contributed by atoms with Gasteiger partial charge in [0.05, 0.1) is 5.01 Å². The van der Waals surface area contributed by atoms with Crippen LogP contribution < -0.4 is 10.6 Å². The fourth-order valence-corrected chi connectivity index (χ4v) is 3.10. The Morgan fingerprint density at radius 3 is 2.67 bits per heavy atom. The molecule has 0 aliphatic carbocycles. The third-order valence-electron chi connectivity index (χ3n) is 3.64. The SMILES string of the molecule is Cc1nc(C(=O)N2CCN(c3cccc(N)c3)CC2)cs1. The summed E-state index contributed by atoms with van der Waals surface area (Å²) in [6.45, 7) is 4.98. The number of rotatable bonds is 2. The Morgan fingerprint density at radius 2 is 2.05 bits per heavy atom. The lowest BCUT2D eigenvalue weighted by atomic mass is 10.2. The average Bonchev–Trinajstić information content (AvgIpc) is 2.93. The molecule has 0 bridgehead atoms. The van der Waals surface area contributed by atoms with E-state index in [0.29, 0.717) is 18.8 Å². The first-order valence-electron chi connectivity index (χ1n) is 6.95. The Labute approximate surface area is 128 Å². The third kappa shape index (κ3) is 3.00. The second-order valence-electron chi connectivity index (χ2n) is 5.13. The van der Waals surface area contributed by atoms with E-state index in [2.05, 4.69) is 16.0 Å². The minimum atomic E-state index is 0.0339. The molecular formula is C15H18N4OS. The van der Waals surface area contributed by atoms with Gasteiger partial charge in [0.1, 0.15) is 5.69 Å². The number of piperazine rings is 1. The summed E-state index contributed by atoms with van der Waals surface area (Å²) in [5, 5.41) is 2.76. The van der Waals surface area contributed by atoms with E-state index in [-0.39, 0.29) is 5.91 Å². The molecule has 1 fully saturated rings. The van der Waals surface area contributed by atoms with Crippen LogP contribution in [0.25, 0.3) is 0 Å². The molecule has 1 amide bonds. The number of aryl methyl sites for hydroxylation is 1. The zero-order valence-corrected chi connectivity index (χ0v) is 12.8. The largest absolute Gasteiger partial charge is 0.399 e. The summed E-state index contributed by atoms with van der Waals surface area (Å²) in [6, 6.07) is 7.87. The van der Waals surface area contributed by atoms with Crippen LogP contribution in [0.15, 0.2) is 29.6 Å². The lowest BCUT2D eigenvalue weighted by Gasteiger charge is -2.35. The topological polar surface area (TPSA) is 62.5 Å². The van der Waals surface area contributed by atoms with Crippen LogP contribution in [0.3, 0.4) is 0 Å². The molecule has 1 aromatic carbocycles. The molecule has 1 aliphatic heterocycles. The van der Waals surface area contributed by atoms with E-state index in [1.165, 1.54) is 11.3 Å². The fourth-order valence-electron chi connectivity index (χ4n) is 2.51. The zero-order chi connectivity index (χ0) is 14.8. The van der Waals surface area contributed by atoms with Crippen LogP contribution in [-0.2, 0) is 0 Å². The first-order valence-corrected chi connectivity index (χ1v) is 7.83. The van der Waals surface area contributed by atoms with Crippen molar-refractivity contribution in [2.45, 2.75) is 6.92 Å². The molecule has 5 nitrogen and oxygen atoms in total. The number of carbonyl (C=O) groups is 1. The van der Waals surface area contributed by atoms with Gasteiger partial charge >= 0.3 is 0 Å². The average molecular weight is 302 g/mol. The van der Waals surface area contributed by atoms with Crippen molar-refractivity contribution in [1.29, 1.82) is 0 Å². The highest BCUT2D eigenvalue weighted by atomic mass is 32.1. The molecule has 1 saturated heterocycles. The number of amides is 1. The molecule has 21 heavy (non-hydrogen) atoms. The molecule has 0 atom stereocenters. The van der Waals surface area contributed by atoms with Gasteiger partial charge in [-0.05, 0) is 25.1 Å². The molecule has 110 valence electrons. The summed E-state index contributed by atoms with van der Waals surface area (Å²) in [4.78, 5) is 20.7. The minimum absolute atomic E-state index is 0.0339. The van der Waals surface area contributed by atoms with Gasteiger partial charge in [-0.25, -0.2) is 4.98 Å².